The van der Waals surface area contributed by atoms with E-state index in [0.717, 1.165) is 45.2 Å². The number of piperidine rings is 1. The Hall–Kier alpha value is -2.05. The van der Waals surface area contributed by atoms with Gasteiger partial charge in [0.25, 0.3) is 0 Å². The van der Waals surface area contributed by atoms with E-state index in [1.165, 1.54) is 17.7 Å². The van der Waals surface area contributed by atoms with E-state index in [4.69, 9.17) is 5.10 Å². The first-order valence-corrected chi connectivity index (χ1v) is 9.88. The van der Waals surface area contributed by atoms with E-state index in [1.807, 2.05) is 4.90 Å². The molecule has 26 heavy (non-hydrogen) atoms. The van der Waals surface area contributed by atoms with Gasteiger partial charge in [0.05, 0.1) is 12.2 Å². The Bertz CT molecular complexity index is 644. The number of likely N-dealkylation sites (tertiary alicyclic amines) is 1. The van der Waals surface area contributed by atoms with E-state index < -0.39 is 0 Å². The zero-order chi connectivity index (χ0) is 18.5. The van der Waals surface area contributed by atoms with Crippen molar-refractivity contribution in [2.24, 2.45) is 4.99 Å². The van der Waals surface area contributed by atoms with Crippen molar-refractivity contribution in [2.45, 2.75) is 64.5 Å². The molecule has 2 aliphatic rings. The molecule has 7 nitrogen and oxygen atoms in total. The molecule has 2 heterocycles. The Morgan fingerprint density at radius 3 is 2.81 bits per heavy atom. The third-order valence-electron chi connectivity index (χ3n) is 5.31. The lowest BCUT2D eigenvalue weighted by Crippen LogP contribution is -2.49. The summed E-state index contributed by atoms with van der Waals surface area (Å²) in [6.07, 6.45) is 8.63. The van der Waals surface area contributed by atoms with Crippen LogP contribution in [0.2, 0.25) is 0 Å². The quantitative estimate of drug-likeness (QED) is 0.630. The predicted molar refractivity (Wildman–Crippen MR) is 103 cm³/mol. The highest BCUT2D eigenvalue weighted by Crippen LogP contribution is 2.21. The van der Waals surface area contributed by atoms with Gasteiger partial charge < -0.3 is 15.5 Å². The number of carbonyl (C=O) groups excluding carboxylic acids is 1. The van der Waals surface area contributed by atoms with Crippen LogP contribution in [0, 0.1) is 0 Å². The summed E-state index contributed by atoms with van der Waals surface area (Å²) in [4.78, 5) is 18.5. The zero-order valence-electron chi connectivity index (χ0n) is 16.3. The van der Waals surface area contributed by atoms with Gasteiger partial charge in [0, 0.05) is 44.8 Å². The smallest absolute Gasteiger partial charge is 0.241 e. The van der Waals surface area contributed by atoms with Gasteiger partial charge >= 0.3 is 0 Å². The van der Waals surface area contributed by atoms with E-state index in [2.05, 4.69) is 40.4 Å². The van der Waals surface area contributed by atoms with Crippen LogP contribution in [0.1, 0.15) is 56.8 Å². The van der Waals surface area contributed by atoms with Crippen LogP contribution >= 0.6 is 0 Å². The molecule has 1 aromatic heterocycles. The second kappa shape index (κ2) is 8.56. The number of nitrogens with zero attached hydrogens (tertiary/aromatic N) is 4. The molecule has 1 aromatic rings. The van der Waals surface area contributed by atoms with Gasteiger partial charge in [-0.3, -0.25) is 14.5 Å². The molecule has 0 saturated carbocycles. The monoisotopic (exact) mass is 360 g/mol. The molecule has 2 N–H and O–H groups in total. The molecule has 3 rings (SSSR count). The van der Waals surface area contributed by atoms with E-state index in [0.29, 0.717) is 24.6 Å². The van der Waals surface area contributed by atoms with Gasteiger partial charge in [0.2, 0.25) is 5.91 Å². The number of aromatic nitrogens is 2. The van der Waals surface area contributed by atoms with Crippen LogP contribution in [0.15, 0.2) is 11.2 Å². The van der Waals surface area contributed by atoms with Gasteiger partial charge in [-0.05, 0) is 51.5 Å². The maximum absolute atomic E-state index is 12.3. The first kappa shape index (κ1) is 18.7. The van der Waals surface area contributed by atoms with Crippen molar-refractivity contribution in [1.29, 1.82) is 0 Å². The minimum atomic E-state index is 0.161. The average Bonchev–Trinajstić information content (AvgIpc) is 3.09. The van der Waals surface area contributed by atoms with Crippen molar-refractivity contribution in [2.75, 3.05) is 26.7 Å². The summed E-state index contributed by atoms with van der Waals surface area (Å²) in [5.41, 5.74) is 2.54. The van der Waals surface area contributed by atoms with Crippen molar-refractivity contribution in [3.8, 4) is 0 Å². The van der Waals surface area contributed by atoms with Crippen LogP contribution < -0.4 is 10.6 Å². The van der Waals surface area contributed by atoms with Crippen LogP contribution in [0.4, 0.5) is 0 Å². The van der Waals surface area contributed by atoms with Gasteiger partial charge in [-0.15, -0.1) is 0 Å². The highest BCUT2D eigenvalue weighted by atomic mass is 16.2. The Kier molecular flexibility index (Phi) is 6.16. The molecule has 7 heteroatoms. The van der Waals surface area contributed by atoms with Gasteiger partial charge in [-0.1, -0.05) is 0 Å². The van der Waals surface area contributed by atoms with Crippen LogP contribution in [0.25, 0.3) is 0 Å². The number of fused-ring (bicyclic) bond motifs is 1. The molecule has 1 fully saturated rings. The topological polar surface area (TPSA) is 74.6 Å². The van der Waals surface area contributed by atoms with E-state index in [1.54, 1.807) is 7.05 Å². The molecule has 1 saturated heterocycles. The Morgan fingerprint density at radius 1 is 1.35 bits per heavy atom. The summed E-state index contributed by atoms with van der Waals surface area (Å²) in [5.74, 6) is 0.862. The van der Waals surface area contributed by atoms with Crippen LogP contribution in [0.5, 0.6) is 0 Å². The Morgan fingerprint density at radius 2 is 2.12 bits per heavy atom. The maximum Gasteiger partial charge on any atom is 0.241 e. The zero-order valence-corrected chi connectivity index (χ0v) is 16.3. The van der Waals surface area contributed by atoms with E-state index in [-0.39, 0.29) is 5.91 Å². The Balaban J connectivity index is 1.49. The number of hydrogen-bond acceptors (Lipinski definition) is 3. The molecule has 1 aliphatic heterocycles. The number of aryl methyl sites for hydroxylation is 1. The van der Waals surface area contributed by atoms with Gasteiger partial charge in [0.1, 0.15) is 0 Å². The fraction of sp³-hybridized carbons (Fsp3) is 0.737. The second-order valence-electron chi connectivity index (χ2n) is 7.63. The van der Waals surface area contributed by atoms with Crippen molar-refractivity contribution in [3.63, 3.8) is 0 Å². The largest absolute Gasteiger partial charge is 0.353 e. The van der Waals surface area contributed by atoms with Crippen LogP contribution in [0.3, 0.4) is 0 Å². The van der Waals surface area contributed by atoms with Crippen molar-refractivity contribution < 1.29 is 4.79 Å². The first-order valence-electron chi connectivity index (χ1n) is 9.88. The summed E-state index contributed by atoms with van der Waals surface area (Å²) in [6, 6.07) is 0.691. The number of amides is 1. The molecule has 0 aromatic carbocycles. The summed E-state index contributed by atoms with van der Waals surface area (Å²) in [5, 5.41) is 11.4. The third kappa shape index (κ3) is 4.56. The predicted octanol–water partition coefficient (Wildman–Crippen LogP) is 1.50. The fourth-order valence-corrected chi connectivity index (χ4v) is 3.70. The fourth-order valence-electron chi connectivity index (χ4n) is 3.70. The minimum Gasteiger partial charge on any atom is -0.353 e. The lowest BCUT2D eigenvalue weighted by atomic mass is 9.94. The molecule has 1 atom stereocenters. The van der Waals surface area contributed by atoms with Gasteiger partial charge in [0.15, 0.2) is 5.96 Å². The standard InChI is InChI=1S/C19H32N6O/c1-14(2)25-13-15-7-8-16(11-17(15)23-25)22-19(20-3)21-12-18(26)24-9-5-4-6-10-24/h13-14,16H,4-12H2,1-3H3,(H2,20,21,22). The summed E-state index contributed by atoms with van der Waals surface area (Å²) in [6.45, 7) is 6.38. The SMILES string of the molecule is CN=C(NCC(=O)N1CCCCC1)NC1CCc2cn(C(C)C)nc2C1. The molecule has 0 bridgehead atoms. The highest BCUT2D eigenvalue weighted by molar-refractivity contribution is 5.86. The molecule has 0 radical (unpaired) electrons. The molecule has 1 aliphatic carbocycles. The van der Waals surface area contributed by atoms with Crippen LogP contribution in [-0.2, 0) is 17.6 Å². The lowest BCUT2D eigenvalue weighted by Gasteiger charge is -2.28. The number of nitrogens with one attached hydrogen (secondary N) is 2. The normalized spacial score (nSPS) is 20.8. The number of aliphatic imine (C=N–C) groups is 1. The molecule has 144 valence electrons. The summed E-state index contributed by atoms with van der Waals surface area (Å²) >= 11 is 0. The summed E-state index contributed by atoms with van der Waals surface area (Å²) < 4.78 is 2.05. The number of guanidine groups is 1. The van der Waals surface area contributed by atoms with Gasteiger partial charge in [-0.2, -0.15) is 5.10 Å². The molecular formula is C19H32N6O. The first-order chi connectivity index (χ1) is 12.6. The molecule has 1 amide bonds. The second-order valence-corrected chi connectivity index (χ2v) is 7.63. The molecular weight excluding hydrogens is 328 g/mol. The van der Waals surface area contributed by atoms with Crippen LogP contribution in [-0.4, -0.2) is 59.3 Å². The van der Waals surface area contributed by atoms with E-state index in [9.17, 15) is 4.79 Å². The van der Waals surface area contributed by atoms with Gasteiger partial charge in [-0.25, -0.2) is 0 Å². The number of hydrogen-bond donors (Lipinski definition) is 2. The summed E-state index contributed by atoms with van der Waals surface area (Å²) in [7, 11) is 1.75. The van der Waals surface area contributed by atoms with Crippen molar-refractivity contribution in [1.82, 2.24) is 25.3 Å². The average molecular weight is 361 g/mol. The molecule has 1 unspecified atom stereocenters. The third-order valence-corrected chi connectivity index (χ3v) is 5.31. The highest BCUT2D eigenvalue weighted by Gasteiger charge is 2.23. The molecule has 0 spiro atoms. The minimum absolute atomic E-state index is 0.161. The number of carbonyl (C=O) groups is 1. The van der Waals surface area contributed by atoms with Crippen molar-refractivity contribution in [3.05, 3.63) is 17.5 Å². The lowest BCUT2D eigenvalue weighted by molar-refractivity contribution is -0.130. The number of rotatable bonds is 4. The van der Waals surface area contributed by atoms with Crippen molar-refractivity contribution >= 4 is 11.9 Å². The maximum atomic E-state index is 12.3. The van der Waals surface area contributed by atoms with E-state index >= 15 is 0 Å². The Labute approximate surface area is 156 Å².